The molecule has 0 fully saturated rings. The molecule has 0 bridgehead atoms. The molecule has 0 aliphatic heterocycles. The molecule has 0 aromatic carbocycles. The van der Waals surface area contributed by atoms with Gasteiger partial charge < -0.3 is 10.2 Å². The predicted molar refractivity (Wildman–Crippen MR) is 35.9 cm³/mol. The maximum Gasteiger partial charge on any atom is 0.307 e. The van der Waals surface area contributed by atoms with E-state index in [1.54, 1.807) is 0 Å². The van der Waals surface area contributed by atoms with Crippen LogP contribution in [0.2, 0.25) is 0 Å². The first-order valence-corrected chi connectivity index (χ1v) is 3.81. The Labute approximate surface area is 64.2 Å². The molecular weight excluding hydrogens is 171 g/mol. The minimum Gasteiger partial charge on any atom is -0.481 e. The molecule has 0 spiro atoms. The fourth-order valence-electron chi connectivity index (χ4n) is 0.531. The van der Waals surface area contributed by atoms with Crippen molar-refractivity contribution in [2.45, 2.75) is 6.42 Å². The van der Waals surface area contributed by atoms with Gasteiger partial charge in [-0.1, -0.05) is 0 Å². The standard InChI is InChI=1S/C5H7O5P/c6-4(7)1-3(2-11-10)5(8)9/h3H,1-2H2,(H,6,7)(H,8,9). The van der Waals surface area contributed by atoms with Crippen LogP contribution < -0.4 is 0 Å². The average molecular weight is 178 g/mol. The second-order valence-electron chi connectivity index (χ2n) is 1.94. The van der Waals surface area contributed by atoms with Crippen LogP contribution in [-0.2, 0) is 14.2 Å². The van der Waals surface area contributed by atoms with Crippen LogP contribution in [0.4, 0.5) is 0 Å². The molecule has 0 radical (unpaired) electrons. The minimum absolute atomic E-state index is 0.151. The zero-order valence-corrected chi connectivity index (χ0v) is 6.45. The van der Waals surface area contributed by atoms with E-state index in [1.807, 2.05) is 0 Å². The van der Waals surface area contributed by atoms with Crippen LogP contribution in [0.5, 0.6) is 0 Å². The lowest BCUT2D eigenvalue weighted by molar-refractivity contribution is -0.147. The molecule has 0 amide bonds. The van der Waals surface area contributed by atoms with Gasteiger partial charge in [-0.05, 0) is 0 Å². The molecule has 1 unspecified atom stereocenters. The largest absolute Gasteiger partial charge is 0.481 e. The first-order valence-electron chi connectivity index (χ1n) is 2.81. The van der Waals surface area contributed by atoms with Crippen molar-refractivity contribution in [2.24, 2.45) is 5.92 Å². The number of hydrogen-bond acceptors (Lipinski definition) is 3. The van der Waals surface area contributed by atoms with Crippen LogP contribution >= 0.6 is 8.46 Å². The van der Waals surface area contributed by atoms with Gasteiger partial charge in [0.05, 0.1) is 12.3 Å². The van der Waals surface area contributed by atoms with Crippen LogP contribution in [0.25, 0.3) is 0 Å². The third-order valence-corrected chi connectivity index (χ3v) is 1.66. The Bertz CT molecular complexity index is 178. The molecular formula is C5H7O5P. The highest BCUT2D eigenvalue weighted by molar-refractivity contribution is 7.23. The molecule has 62 valence electrons. The molecule has 1 atom stereocenters. The third-order valence-electron chi connectivity index (χ3n) is 1.07. The van der Waals surface area contributed by atoms with E-state index in [4.69, 9.17) is 10.2 Å². The van der Waals surface area contributed by atoms with Crippen LogP contribution in [-0.4, -0.2) is 28.3 Å². The van der Waals surface area contributed by atoms with Gasteiger partial charge in [-0.15, -0.1) is 0 Å². The highest BCUT2D eigenvalue weighted by Crippen LogP contribution is 2.09. The summed E-state index contributed by atoms with van der Waals surface area (Å²) in [7, 11) is -0.339. The van der Waals surface area contributed by atoms with Gasteiger partial charge >= 0.3 is 11.9 Å². The van der Waals surface area contributed by atoms with E-state index >= 15 is 0 Å². The lowest BCUT2D eigenvalue weighted by atomic mass is 10.1. The van der Waals surface area contributed by atoms with Crippen LogP contribution in [0.15, 0.2) is 0 Å². The zero-order chi connectivity index (χ0) is 8.85. The van der Waals surface area contributed by atoms with E-state index in [9.17, 15) is 14.2 Å². The van der Waals surface area contributed by atoms with E-state index in [0.717, 1.165) is 0 Å². The summed E-state index contributed by atoms with van der Waals surface area (Å²) < 4.78 is 9.94. The summed E-state index contributed by atoms with van der Waals surface area (Å²) in [5, 5.41) is 16.5. The fraction of sp³-hybridized carbons (Fsp3) is 0.600. The number of carboxylic acid groups (broad SMARTS) is 2. The molecule has 2 N–H and O–H groups in total. The SMILES string of the molecule is O=PCC(CC(=O)O)C(=O)O. The van der Waals surface area contributed by atoms with E-state index in [0.29, 0.717) is 0 Å². The molecule has 0 aliphatic rings. The van der Waals surface area contributed by atoms with Gasteiger partial charge in [0.2, 0.25) is 0 Å². The summed E-state index contributed by atoms with van der Waals surface area (Å²) >= 11 is 0. The average Bonchev–Trinajstić information content (AvgIpc) is 1.86. The highest BCUT2D eigenvalue weighted by atomic mass is 31.1. The smallest absolute Gasteiger partial charge is 0.307 e. The van der Waals surface area contributed by atoms with Gasteiger partial charge in [0.1, 0.15) is 0 Å². The first-order chi connectivity index (χ1) is 5.07. The number of aliphatic carboxylic acids is 2. The van der Waals surface area contributed by atoms with Crippen LogP contribution in [0.3, 0.4) is 0 Å². The van der Waals surface area contributed by atoms with Gasteiger partial charge in [0.25, 0.3) is 0 Å². The van der Waals surface area contributed by atoms with Crippen molar-refractivity contribution >= 4 is 20.4 Å². The summed E-state index contributed by atoms with van der Waals surface area (Å²) in [6.45, 7) is 0. The highest BCUT2D eigenvalue weighted by Gasteiger charge is 2.20. The van der Waals surface area contributed by atoms with Crippen LogP contribution in [0, 0.1) is 5.92 Å². The van der Waals surface area contributed by atoms with Crippen molar-refractivity contribution in [3.8, 4) is 0 Å². The summed E-state index contributed by atoms with van der Waals surface area (Å²) in [5.41, 5.74) is 0. The van der Waals surface area contributed by atoms with E-state index < -0.39 is 24.3 Å². The molecule has 5 nitrogen and oxygen atoms in total. The van der Waals surface area contributed by atoms with Crippen molar-refractivity contribution in [1.82, 2.24) is 0 Å². The Kier molecular flexibility index (Phi) is 4.38. The minimum atomic E-state index is -1.23. The van der Waals surface area contributed by atoms with Crippen molar-refractivity contribution < 1.29 is 24.4 Å². The third kappa shape index (κ3) is 4.44. The van der Waals surface area contributed by atoms with E-state index in [2.05, 4.69) is 0 Å². The molecule has 0 rings (SSSR count). The monoisotopic (exact) mass is 178 g/mol. The van der Waals surface area contributed by atoms with Crippen molar-refractivity contribution in [2.75, 3.05) is 6.16 Å². The molecule has 0 saturated heterocycles. The topological polar surface area (TPSA) is 91.7 Å². The van der Waals surface area contributed by atoms with Gasteiger partial charge in [-0.2, -0.15) is 0 Å². The molecule has 11 heavy (non-hydrogen) atoms. The van der Waals surface area contributed by atoms with E-state index in [1.165, 1.54) is 0 Å². The molecule has 6 heteroatoms. The van der Waals surface area contributed by atoms with Crippen LogP contribution in [0.1, 0.15) is 6.42 Å². The van der Waals surface area contributed by atoms with Crippen molar-refractivity contribution in [3.05, 3.63) is 0 Å². The molecule has 0 saturated carbocycles. The first kappa shape index (κ1) is 10.0. The molecule has 0 aromatic rings. The Morgan fingerprint density at radius 2 is 1.91 bits per heavy atom. The summed E-state index contributed by atoms with van der Waals surface area (Å²) in [5.74, 6) is -3.47. The molecule has 0 aliphatic carbocycles. The Morgan fingerprint density at radius 1 is 1.36 bits per heavy atom. The number of carboxylic acids is 2. The summed E-state index contributed by atoms with van der Waals surface area (Å²) in [6.07, 6.45) is -0.633. The van der Waals surface area contributed by atoms with Gasteiger partial charge in [0.15, 0.2) is 8.46 Å². The fourth-order valence-corrected chi connectivity index (χ4v) is 0.996. The number of hydrogen-bond donors (Lipinski definition) is 2. The Balaban J connectivity index is 3.99. The predicted octanol–water partition coefficient (Wildman–Crippen LogP) is 0.454. The normalized spacial score (nSPS) is 12.7. The van der Waals surface area contributed by atoms with E-state index in [-0.39, 0.29) is 14.6 Å². The van der Waals surface area contributed by atoms with Gasteiger partial charge in [0, 0.05) is 6.16 Å². The second-order valence-corrected chi connectivity index (χ2v) is 2.57. The lowest BCUT2D eigenvalue weighted by Gasteiger charge is -2.02. The maximum atomic E-state index is 10.2. The number of rotatable bonds is 5. The Morgan fingerprint density at radius 3 is 2.18 bits per heavy atom. The molecule has 0 aromatic heterocycles. The maximum absolute atomic E-state index is 10.2. The quantitative estimate of drug-likeness (QED) is 0.596. The lowest BCUT2D eigenvalue weighted by Crippen LogP contribution is -2.19. The summed E-state index contributed by atoms with van der Waals surface area (Å²) in [4.78, 5) is 20.2. The van der Waals surface area contributed by atoms with Crippen molar-refractivity contribution in [3.63, 3.8) is 0 Å². The molecule has 0 heterocycles. The summed E-state index contributed by atoms with van der Waals surface area (Å²) in [6, 6.07) is 0. The zero-order valence-electron chi connectivity index (χ0n) is 5.56. The van der Waals surface area contributed by atoms with Gasteiger partial charge in [-0.25, -0.2) is 0 Å². The number of carbonyl (C=O) groups is 2. The van der Waals surface area contributed by atoms with Crippen molar-refractivity contribution in [1.29, 1.82) is 0 Å². The second kappa shape index (κ2) is 4.79. The Hall–Kier alpha value is -0.960. The van der Waals surface area contributed by atoms with Gasteiger partial charge in [-0.3, -0.25) is 14.2 Å².